The van der Waals surface area contributed by atoms with Crippen molar-refractivity contribution in [2.75, 3.05) is 30.7 Å². The van der Waals surface area contributed by atoms with Gasteiger partial charge in [0, 0.05) is 23.1 Å². The van der Waals surface area contributed by atoms with Crippen molar-refractivity contribution in [3.8, 4) is 5.75 Å². The van der Waals surface area contributed by atoms with E-state index in [4.69, 9.17) is 14.9 Å². The van der Waals surface area contributed by atoms with Crippen molar-refractivity contribution in [1.29, 1.82) is 0 Å². The quantitative estimate of drug-likeness (QED) is 0.122. The second-order valence-electron chi connectivity index (χ2n) is 9.53. The summed E-state index contributed by atoms with van der Waals surface area (Å²) >= 11 is 0. The van der Waals surface area contributed by atoms with Gasteiger partial charge in [-0.2, -0.15) is 0 Å². The lowest BCUT2D eigenvalue weighted by Gasteiger charge is -2.09. The van der Waals surface area contributed by atoms with E-state index in [0.29, 0.717) is 41.4 Å². The second-order valence-corrected chi connectivity index (χ2v) is 9.53. The summed E-state index contributed by atoms with van der Waals surface area (Å²) in [7, 11) is 0. The number of amides is 2. The Morgan fingerprint density at radius 2 is 1.59 bits per heavy atom. The number of benzene rings is 4. The molecular formula is C33H32N4O4. The maximum atomic E-state index is 12.7. The van der Waals surface area contributed by atoms with Gasteiger partial charge in [0.25, 0.3) is 11.8 Å². The summed E-state index contributed by atoms with van der Waals surface area (Å²) < 4.78 is 11.7. The normalized spacial score (nSPS) is 10.8. The van der Waals surface area contributed by atoms with Gasteiger partial charge >= 0.3 is 0 Å². The number of hydrogen-bond donors (Lipinski definition) is 4. The average molecular weight is 549 g/mol. The Morgan fingerprint density at radius 3 is 2.39 bits per heavy atom. The van der Waals surface area contributed by atoms with Crippen LogP contribution in [-0.2, 0) is 13.0 Å². The largest absolute Gasteiger partial charge is 0.492 e. The molecule has 0 aliphatic heterocycles. The number of anilines is 2. The van der Waals surface area contributed by atoms with Crippen LogP contribution in [0.3, 0.4) is 0 Å². The standard InChI is InChI=1S/C33H32N4O4/c34-28-11-4-5-12-29(28)37-32(38)24-13-15-27(16-14-24)40-20-19-36-33(39)30-21-25-9-6-10-26(31(25)41-30)22-35-18-17-23-7-2-1-3-8-23/h1-16,21,35H,17-20,22,34H2,(H,36,39)(H,37,38). The summed E-state index contributed by atoms with van der Waals surface area (Å²) in [6.07, 6.45) is 0.938. The van der Waals surface area contributed by atoms with Gasteiger partial charge in [-0.25, -0.2) is 0 Å². The van der Waals surface area contributed by atoms with E-state index in [0.717, 1.165) is 23.9 Å². The molecule has 1 heterocycles. The van der Waals surface area contributed by atoms with Crippen LogP contribution >= 0.6 is 0 Å². The third-order valence-electron chi connectivity index (χ3n) is 6.58. The molecule has 0 bridgehead atoms. The summed E-state index contributed by atoms with van der Waals surface area (Å²) in [5.74, 6) is 0.271. The average Bonchev–Trinajstić information content (AvgIpc) is 3.45. The van der Waals surface area contributed by atoms with Gasteiger partial charge in [-0.1, -0.05) is 60.7 Å². The number of ether oxygens (including phenoxy) is 1. The van der Waals surface area contributed by atoms with E-state index in [1.807, 2.05) is 36.4 Å². The highest BCUT2D eigenvalue weighted by Crippen LogP contribution is 2.23. The molecule has 5 aromatic rings. The van der Waals surface area contributed by atoms with E-state index in [-0.39, 0.29) is 24.2 Å². The van der Waals surface area contributed by atoms with E-state index in [1.54, 1.807) is 54.6 Å². The zero-order chi connectivity index (χ0) is 28.4. The molecule has 5 rings (SSSR count). The zero-order valence-corrected chi connectivity index (χ0v) is 22.6. The molecule has 208 valence electrons. The molecule has 5 N–H and O–H groups in total. The topological polar surface area (TPSA) is 119 Å². The molecule has 1 aromatic heterocycles. The number of rotatable bonds is 12. The van der Waals surface area contributed by atoms with E-state index in [9.17, 15) is 9.59 Å². The summed E-state index contributed by atoms with van der Waals surface area (Å²) in [6.45, 7) is 2.04. The fourth-order valence-electron chi connectivity index (χ4n) is 4.40. The van der Waals surface area contributed by atoms with E-state index < -0.39 is 0 Å². The minimum Gasteiger partial charge on any atom is -0.492 e. The summed E-state index contributed by atoms with van der Waals surface area (Å²) in [5, 5.41) is 9.97. The van der Waals surface area contributed by atoms with Crippen LogP contribution in [0.4, 0.5) is 11.4 Å². The van der Waals surface area contributed by atoms with Crippen LogP contribution in [0.1, 0.15) is 32.0 Å². The van der Waals surface area contributed by atoms with E-state index in [2.05, 4.69) is 28.1 Å². The molecule has 4 aromatic carbocycles. The molecule has 0 unspecified atom stereocenters. The first kappa shape index (κ1) is 27.5. The number of nitrogens with two attached hydrogens (primary N) is 1. The van der Waals surface area contributed by atoms with Crippen LogP contribution in [0.25, 0.3) is 11.0 Å². The molecule has 0 spiro atoms. The van der Waals surface area contributed by atoms with Gasteiger partial charge in [-0.05, 0) is 61.0 Å². The number of para-hydroxylation sites is 3. The number of carbonyl (C=O) groups is 2. The number of fused-ring (bicyclic) bond motifs is 1. The van der Waals surface area contributed by atoms with Gasteiger partial charge < -0.3 is 30.8 Å². The van der Waals surface area contributed by atoms with Crippen LogP contribution in [0.15, 0.2) is 108 Å². The van der Waals surface area contributed by atoms with Crippen LogP contribution in [0, 0.1) is 0 Å². The highest BCUT2D eigenvalue weighted by molar-refractivity contribution is 6.05. The SMILES string of the molecule is Nc1ccccc1NC(=O)c1ccc(OCCNC(=O)c2cc3cccc(CNCCc4ccccc4)c3o2)cc1. The van der Waals surface area contributed by atoms with Gasteiger partial charge in [-0.3, -0.25) is 9.59 Å². The van der Waals surface area contributed by atoms with Gasteiger partial charge in [0.05, 0.1) is 17.9 Å². The van der Waals surface area contributed by atoms with Crippen molar-refractivity contribution < 1.29 is 18.7 Å². The van der Waals surface area contributed by atoms with E-state index in [1.165, 1.54) is 5.56 Å². The molecule has 0 aliphatic rings. The van der Waals surface area contributed by atoms with Crippen LogP contribution in [0.2, 0.25) is 0 Å². The van der Waals surface area contributed by atoms with Crippen molar-refractivity contribution >= 4 is 34.2 Å². The summed E-state index contributed by atoms with van der Waals surface area (Å²) in [6, 6.07) is 31.8. The number of hydrogen-bond acceptors (Lipinski definition) is 6. The fourth-order valence-corrected chi connectivity index (χ4v) is 4.40. The molecule has 0 radical (unpaired) electrons. The van der Waals surface area contributed by atoms with Gasteiger partial charge in [-0.15, -0.1) is 0 Å². The van der Waals surface area contributed by atoms with E-state index >= 15 is 0 Å². The first-order valence-corrected chi connectivity index (χ1v) is 13.5. The molecule has 8 heteroatoms. The van der Waals surface area contributed by atoms with Gasteiger partial charge in [0.1, 0.15) is 17.9 Å². The first-order valence-electron chi connectivity index (χ1n) is 13.5. The minimum atomic E-state index is -0.306. The number of furan rings is 1. The fraction of sp³-hybridized carbons (Fsp3) is 0.152. The monoisotopic (exact) mass is 548 g/mol. The van der Waals surface area contributed by atoms with Crippen molar-refractivity contribution in [3.05, 3.63) is 126 Å². The maximum absolute atomic E-state index is 12.7. The Kier molecular flexibility index (Phi) is 8.93. The van der Waals surface area contributed by atoms with Crippen molar-refractivity contribution in [2.24, 2.45) is 0 Å². The number of nitrogens with one attached hydrogen (secondary N) is 3. The maximum Gasteiger partial charge on any atom is 0.287 e. The Balaban J connectivity index is 1.07. The molecule has 8 nitrogen and oxygen atoms in total. The third-order valence-corrected chi connectivity index (χ3v) is 6.58. The zero-order valence-electron chi connectivity index (χ0n) is 22.6. The minimum absolute atomic E-state index is 0.256. The van der Waals surface area contributed by atoms with Crippen LogP contribution in [0.5, 0.6) is 5.75 Å². The Bertz CT molecular complexity index is 1610. The Labute approximate surface area is 238 Å². The predicted molar refractivity (Wildman–Crippen MR) is 161 cm³/mol. The predicted octanol–water partition coefficient (Wildman–Crippen LogP) is 5.41. The highest BCUT2D eigenvalue weighted by atomic mass is 16.5. The molecule has 2 amide bonds. The number of nitrogen functional groups attached to an aromatic ring is 1. The lowest BCUT2D eigenvalue weighted by Crippen LogP contribution is -2.27. The molecule has 0 saturated heterocycles. The molecule has 0 saturated carbocycles. The lowest BCUT2D eigenvalue weighted by molar-refractivity contribution is 0.0920. The summed E-state index contributed by atoms with van der Waals surface area (Å²) in [5.41, 5.74) is 10.4. The molecule has 0 atom stereocenters. The van der Waals surface area contributed by atoms with Crippen LogP contribution in [-0.4, -0.2) is 31.5 Å². The Morgan fingerprint density at radius 1 is 0.805 bits per heavy atom. The first-order chi connectivity index (χ1) is 20.1. The second kappa shape index (κ2) is 13.3. The van der Waals surface area contributed by atoms with Crippen molar-refractivity contribution in [3.63, 3.8) is 0 Å². The third kappa shape index (κ3) is 7.32. The summed E-state index contributed by atoms with van der Waals surface area (Å²) in [4.78, 5) is 25.2. The molecule has 41 heavy (non-hydrogen) atoms. The van der Waals surface area contributed by atoms with Gasteiger partial charge in [0.2, 0.25) is 0 Å². The van der Waals surface area contributed by atoms with Crippen molar-refractivity contribution in [1.82, 2.24) is 10.6 Å². The van der Waals surface area contributed by atoms with Gasteiger partial charge in [0.15, 0.2) is 5.76 Å². The molecule has 0 aliphatic carbocycles. The van der Waals surface area contributed by atoms with Crippen LogP contribution < -0.4 is 26.4 Å². The Hall–Kier alpha value is -5.08. The molecule has 0 fully saturated rings. The lowest BCUT2D eigenvalue weighted by atomic mass is 10.1. The number of carbonyl (C=O) groups excluding carboxylic acids is 2. The van der Waals surface area contributed by atoms with Crippen molar-refractivity contribution in [2.45, 2.75) is 13.0 Å². The molecular weight excluding hydrogens is 516 g/mol. The highest BCUT2D eigenvalue weighted by Gasteiger charge is 2.14. The smallest absolute Gasteiger partial charge is 0.287 e.